The number of para-hydroxylation sites is 1. The van der Waals surface area contributed by atoms with Crippen LogP contribution in [0, 0.1) is 0 Å². The van der Waals surface area contributed by atoms with Crippen molar-refractivity contribution in [2.45, 2.75) is 0 Å². The average molecular weight is 572 g/mol. The molecule has 8 aromatic carbocycles. The topological polar surface area (TPSA) is 18.5 Å². The first-order valence-corrected chi connectivity index (χ1v) is 15.5. The molecule has 8 aromatic rings. The molecule has 2 nitrogen and oxygen atoms in total. The molecule has 0 radical (unpaired) electrons. The van der Waals surface area contributed by atoms with Gasteiger partial charge in [-0.25, -0.2) is 0 Å². The van der Waals surface area contributed by atoms with Gasteiger partial charge >= 0.3 is 0 Å². The maximum atomic E-state index is 6.66. The van der Waals surface area contributed by atoms with Crippen LogP contribution in [-0.4, -0.2) is 6.71 Å². The Kier molecular flexibility index (Phi) is 5.12. The monoisotopic (exact) mass is 572 g/mol. The van der Waals surface area contributed by atoms with E-state index in [2.05, 4.69) is 133 Å². The minimum absolute atomic E-state index is 0.0626. The van der Waals surface area contributed by atoms with Crippen molar-refractivity contribution in [3.63, 3.8) is 0 Å². The highest BCUT2D eigenvalue weighted by Gasteiger charge is 2.39. The predicted octanol–water partition coefficient (Wildman–Crippen LogP) is 9.21. The molecule has 0 fully saturated rings. The first-order valence-electron chi connectivity index (χ1n) is 15.5. The van der Waals surface area contributed by atoms with Crippen molar-refractivity contribution < 1.29 is 9.47 Å². The fourth-order valence-electron chi connectivity index (χ4n) is 7.59. The van der Waals surface area contributed by atoms with Gasteiger partial charge in [0.2, 0.25) is 0 Å². The van der Waals surface area contributed by atoms with E-state index < -0.39 is 0 Å². The Morgan fingerprint density at radius 1 is 0.333 bits per heavy atom. The third kappa shape index (κ3) is 3.58. The summed E-state index contributed by atoms with van der Waals surface area (Å²) >= 11 is 0. The lowest BCUT2D eigenvalue weighted by molar-refractivity contribution is 0.464. The molecule has 0 aliphatic carbocycles. The highest BCUT2D eigenvalue weighted by atomic mass is 16.5. The maximum Gasteiger partial charge on any atom is 0.260 e. The number of fused-ring (bicyclic) bond motifs is 9. The predicted molar refractivity (Wildman–Crippen MR) is 188 cm³/mol. The van der Waals surface area contributed by atoms with Crippen molar-refractivity contribution in [2.75, 3.05) is 0 Å². The maximum absolute atomic E-state index is 6.66. The zero-order valence-electron chi connectivity index (χ0n) is 24.3. The Morgan fingerprint density at radius 2 is 0.867 bits per heavy atom. The van der Waals surface area contributed by atoms with Gasteiger partial charge in [-0.3, -0.25) is 0 Å². The SMILES string of the molecule is c1ccc(-c2cc3c4ccccc4c(-c4ccc5c(c4)Oc4cccc6c4B5c4ccccc4O6)cc3c3ccccc23)cc1. The van der Waals surface area contributed by atoms with Crippen LogP contribution < -0.4 is 25.9 Å². The van der Waals surface area contributed by atoms with E-state index in [0.29, 0.717) is 0 Å². The molecule has 2 aliphatic rings. The summed E-state index contributed by atoms with van der Waals surface area (Å²) in [4.78, 5) is 0. The Morgan fingerprint density at radius 3 is 1.58 bits per heavy atom. The first-order chi connectivity index (χ1) is 22.3. The number of hydrogen-bond donors (Lipinski definition) is 0. The molecule has 0 N–H and O–H groups in total. The Balaban J connectivity index is 1.22. The second kappa shape index (κ2) is 9.35. The van der Waals surface area contributed by atoms with E-state index >= 15 is 0 Å². The highest BCUT2D eigenvalue weighted by Crippen LogP contribution is 2.43. The summed E-state index contributed by atoms with van der Waals surface area (Å²) in [5.41, 5.74) is 8.27. The van der Waals surface area contributed by atoms with Crippen LogP contribution >= 0.6 is 0 Å². The number of rotatable bonds is 2. The van der Waals surface area contributed by atoms with E-state index in [4.69, 9.17) is 9.47 Å². The van der Waals surface area contributed by atoms with Gasteiger partial charge in [0, 0.05) is 5.46 Å². The van der Waals surface area contributed by atoms with E-state index in [-0.39, 0.29) is 6.71 Å². The fraction of sp³-hybridized carbons (Fsp3) is 0. The highest BCUT2D eigenvalue weighted by molar-refractivity contribution is 6.98. The lowest BCUT2D eigenvalue weighted by Gasteiger charge is -2.33. The summed E-state index contributed by atoms with van der Waals surface area (Å²) in [5.74, 6) is 3.53. The van der Waals surface area contributed by atoms with Gasteiger partial charge in [0.15, 0.2) is 0 Å². The van der Waals surface area contributed by atoms with Gasteiger partial charge in [-0.05, 0) is 102 Å². The standard InChI is InChI=1S/C42H25BO2/c1-2-11-26(12-3-1)32-24-34-31-16-7-5-14-29(31)33(25-35(34)30-15-6-4-13-28(30)32)27-21-22-37-41(23-27)45-40-20-10-19-39-42(40)43(37)36-17-8-9-18-38(36)44-39/h1-25H. The summed E-state index contributed by atoms with van der Waals surface area (Å²) in [5, 5.41) is 7.52. The number of benzene rings is 8. The Hall–Kier alpha value is -5.80. The smallest absolute Gasteiger partial charge is 0.260 e. The molecule has 0 saturated carbocycles. The lowest BCUT2D eigenvalue weighted by Crippen LogP contribution is -2.57. The summed E-state index contributed by atoms with van der Waals surface area (Å²) in [6.07, 6.45) is 0. The summed E-state index contributed by atoms with van der Waals surface area (Å²) in [6, 6.07) is 54.3. The molecule has 0 saturated heterocycles. The van der Waals surface area contributed by atoms with E-state index in [9.17, 15) is 0 Å². The van der Waals surface area contributed by atoms with Crippen molar-refractivity contribution in [2.24, 2.45) is 0 Å². The van der Waals surface area contributed by atoms with Gasteiger partial charge < -0.3 is 9.47 Å². The zero-order valence-corrected chi connectivity index (χ0v) is 24.3. The first kappa shape index (κ1) is 24.6. The Labute approximate surface area is 261 Å². The van der Waals surface area contributed by atoms with Crippen LogP contribution in [0.2, 0.25) is 0 Å². The molecule has 0 bridgehead atoms. The van der Waals surface area contributed by atoms with Crippen LogP contribution in [0.15, 0.2) is 152 Å². The largest absolute Gasteiger partial charge is 0.458 e. The van der Waals surface area contributed by atoms with Crippen LogP contribution in [0.5, 0.6) is 23.0 Å². The zero-order chi connectivity index (χ0) is 29.5. The molecule has 0 unspecified atom stereocenters. The third-order valence-electron chi connectivity index (χ3n) is 9.59. The minimum atomic E-state index is 0.0626. The van der Waals surface area contributed by atoms with Crippen molar-refractivity contribution >= 4 is 55.4 Å². The fourth-order valence-corrected chi connectivity index (χ4v) is 7.59. The Bertz CT molecular complexity index is 2500. The molecule has 45 heavy (non-hydrogen) atoms. The van der Waals surface area contributed by atoms with Gasteiger partial charge in [0.1, 0.15) is 23.0 Å². The minimum Gasteiger partial charge on any atom is -0.458 e. The second-order valence-electron chi connectivity index (χ2n) is 12.0. The van der Waals surface area contributed by atoms with Gasteiger partial charge in [0.05, 0.1) is 0 Å². The van der Waals surface area contributed by atoms with Crippen LogP contribution in [-0.2, 0) is 0 Å². The van der Waals surface area contributed by atoms with E-state index in [1.165, 1.54) is 54.5 Å². The molecule has 208 valence electrons. The van der Waals surface area contributed by atoms with Crippen molar-refractivity contribution in [3.05, 3.63) is 152 Å². The normalized spacial score (nSPS) is 12.8. The molecule has 10 rings (SSSR count). The molecular weight excluding hydrogens is 547 g/mol. The van der Waals surface area contributed by atoms with E-state index in [0.717, 1.165) is 39.5 Å². The molecule has 0 spiro atoms. The number of ether oxygens (including phenoxy) is 2. The summed E-state index contributed by atoms with van der Waals surface area (Å²) < 4.78 is 13.0. The van der Waals surface area contributed by atoms with Crippen molar-refractivity contribution in [3.8, 4) is 45.3 Å². The molecule has 2 heterocycles. The van der Waals surface area contributed by atoms with Crippen LogP contribution in [0.25, 0.3) is 54.6 Å². The van der Waals surface area contributed by atoms with Crippen molar-refractivity contribution in [1.29, 1.82) is 0 Å². The van der Waals surface area contributed by atoms with E-state index in [1.807, 2.05) is 18.2 Å². The molecular formula is C42H25BO2. The molecule has 0 aromatic heterocycles. The van der Waals surface area contributed by atoms with Crippen molar-refractivity contribution in [1.82, 2.24) is 0 Å². The molecule has 0 atom stereocenters. The van der Waals surface area contributed by atoms with Crippen LogP contribution in [0.1, 0.15) is 0 Å². The second-order valence-corrected chi connectivity index (χ2v) is 12.0. The van der Waals surface area contributed by atoms with Crippen LogP contribution in [0.4, 0.5) is 0 Å². The van der Waals surface area contributed by atoms with Gasteiger partial charge in [-0.2, -0.15) is 0 Å². The number of hydrogen-bond acceptors (Lipinski definition) is 2. The van der Waals surface area contributed by atoms with Crippen LogP contribution in [0.3, 0.4) is 0 Å². The quantitative estimate of drug-likeness (QED) is 0.152. The lowest BCUT2D eigenvalue weighted by atomic mass is 9.35. The summed E-state index contributed by atoms with van der Waals surface area (Å²) in [7, 11) is 0. The third-order valence-corrected chi connectivity index (χ3v) is 9.59. The van der Waals surface area contributed by atoms with Gasteiger partial charge in [-0.1, -0.05) is 115 Å². The van der Waals surface area contributed by atoms with Gasteiger partial charge in [0.25, 0.3) is 6.71 Å². The molecule has 3 heteroatoms. The van der Waals surface area contributed by atoms with E-state index in [1.54, 1.807) is 0 Å². The molecule has 0 amide bonds. The molecule has 2 aliphatic heterocycles. The summed E-state index contributed by atoms with van der Waals surface area (Å²) in [6.45, 7) is 0.0626. The average Bonchev–Trinajstić information content (AvgIpc) is 3.11. The van der Waals surface area contributed by atoms with Gasteiger partial charge in [-0.15, -0.1) is 0 Å².